The Hall–Kier alpha value is -4.88. The van der Waals surface area contributed by atoms with Crippen molar-refractivity contribution in [2.75, 3.05) is 13.2 Å². The van der Waals surface area contributed by atoms with Gasteiger partial charge < -0.3 is 4.74 Å². The third kappa shape index (κ3) is 4.23. The second-order valence-electron chi connectivity index (χ2n) is 9.32. The van der Waals surface area contributed by atoms with Crippen LogP contribution in [-0.2, 0) is 17.8 Å². The molecule has 39 heavy (non-hydrogen) atoms. The van der Waals surface area contributed by atoms with Gasteiger partial charge in [-0.2, -0.15) is 0 Å². The molecular weight excluding hydrogens is 492 g/mol. The topological polar surface area (TPSA) is 87.4 Å². The van der Waals surface area contributed by atoms with E-state index in [1.807, 2.05) is 48.5 Å². The lowest BCUT2D eigenvalue weighted by Crippen LogP contribution is -2.33. The van der Waals surface area contributed by atoms with Crippen LogP contribution in [0.3, 0.4) is 0 Å². The van der Waals surface area contributed by atoms with Crippen molar-refractivity contribution in [1.82, 2.24) is 9.13 Å². The van der Waals surface area contributed by atoms with Gasteiger partial charge >= 0.3 is 0 Å². The molecule has 0 bridgehead atoms. The van der Waals surface area contributed by atoms with E-state index in [4.69, 9.17) is 4.74 Å². The summed E-state index contributed by atoms with van der Waals surface area (Å²) in [5.41, 5.74) is -1.55. The first-order valence-corrected chi connectivity index (χ1v) is 12.7. The van der Waals surface area contributed by atoms with Gasteiger partial charge in [0.15, 0.2) is 0 Å². The van der Waals surface area contributed by atoms with Gasteiger partial charge in [0, 0.05) is 21.5 Å². The molecule has 7 heteroatoms. The molecule has 0 N–H and O–H groups in total. The Labute approximate surface area is 221 Å². The summed E-state index contributed by atoms with van der Waals surface area (Å²) >= 11 is 0. The van der Waals surface area contributed by atoms with Crippen LogP contribution in [0.4, 0.5) is 0 Å². The fraction of sp³-hybridized carbons (Fsp3) is 0.125. The van der Waals surface area contributed by atoms with Gasteiger partial charge in [0.25, 0.3) is 22.2 Å². The van der Waals surface area contributed by atoms with Crippen LogP contribution in [0.5, 0.6) is 0 Å². The molecule has 0 amide bonds. The summed E-state index contributed by atoms with van der Waals surface area (Å²) in [5, 5.41) is 4.68. The number of aromatic nitrogens is 2. The number of rotatable bonds is 6. The Morgan fingerprint density at radius 2 is 0.615 bits per heavy atom. The molecule has 6 aromatic rings. The number of hydrogen-bond acceptors (Lipinski definition) is 5. The standard InChI is InChI=1S/C32H24N2O5/c35-29-25-13-5-1-9-21(25)22-10-2-6-14-26(22)30(36)33(29)17-19-39-20-18-34-31(37)27-15-7-3-11-23(27)24-12-4-8-16-28(24)32(34)38/h1-16H,17-20H2. The van der Waals surface area contributed by atoms with E-state index in [-0.39, 0.29) is 48.5 Å². The van der Waals surface area contributed by atoms with Crippen molar-refractivity contribution in [1.29, 1.82) is 0 Å². The number of hydrogen-bond donors (Lipinski definition) is 0. The minimum Gasteiger partial charge on any atom is -0.378 e. The average Bonchev–Trinajstić information content (AvgIpc) is 3.13. The smallest absolute Gasteiger partial charge is 0.261 e. The molecule has 0 atom stereocenters. The van der Waals surface area contributed by atoms with Crippen molar-refractivity contribution >= 4 is 43.1 Å². The second-order valence-corrected chi connectivity index (χ2v) is 9.32. The van der Waals surface area contributed by atoms with Crippen molar-refractivity contribution in [3.63, 3.8) is 0 Å². The van der Waals surface area contributed by atoms with E-state index in [1.165, 1.54) is 9.13 Å². The number of fused-ring (bicyclic) bond motifs is 6. The van der Waals surface area contributed by atoms with E-state index in [1.54, 1.807) is 48.5 Å². The minimum absolute atomic E-state index is 0.0356. The van der Waals surface area contributed by atoms with Crippen LogP contribution in [0.1, 0.15) is 0 Å². The lowest BCUT2D eigenvalue weighted by molar-refractivity contribution is 0.116. The van der Waals surface area contributed by atoms with Crippen LogP contribution in [0.15, 0.2) is 116 Å². The van der Waals surface area contributed by atoms with E-state index in [2.05, 4.69) is 0 Å². The summed E-state index contributed by atoms with van der Waals surface area (Å²) in [6.07, 6.45) is 0. The fourth-order valence-corrected chi connectivity index (χ4v) is 5.20. The van der Waals surface area contributed by atoms with Crippen LogP contribution in [0, 0.1) is 0 Å². The van der Waals surface area contributed by atoms with Gasteiger partial charge in [0.1, 0.15) is 0 Å². The van der Waals surface area contributed by atoms with Crippen LogP contribution in [0.25, 0.3) is 43.1 Å². The number of ether oxygens (including phenoxy) is 1. The summed E-state index contributed by atoms with van der Waals surface area (Å²) in [5.74, 6) is 0. The van der Waals surface area contributed by atoms with Gasteiger partial charge in [-0.1, -0.05) is 72.8 Å². The van der Waals surface area contributed by atoms with Crippen LogP contribution < -0.4 is 22.2 Å². The molecule has 0 aliphatic carbocycles. The van der Waals surface area contributed by atoms with Crippen LogP contribution >= 0.6 is 0 Å². The predicted molar refractivity (Wildman–Crippen MR) is 155 cm³/mol. The molecule has 0 aliphatic heterocycles. The largest absolute Gasteiger partial charge is 0.378 e. The SMILES string of the molecule is O=c1c2ccccc2c2ccccc2c(=O)n1CCOCCn1c(=O)c2ccccc2c2ccccc2c1=O. The van der Waals surface area contributed by atoms with Gasteiger partial charge in [0.05, 0.1) is 26.3 Å². The first-order valence-electron chi connectivity index (χ1n) is 12.7. The Kier molecular flexibility index (Phi) is 6.34. The first kappa shape index (κ1) is 24.5. The zero-order valence-corrected chi connectivity index (χ0v) is 21.0. The molecule has 0 unspecified atom stereocenters. The maximum Gasteiger partial charge on any atom is 0.261 e. The Morgan fingerprint density at radius 3 is 0.872 bits per heavy atom. The van der Waals surface area contributed by atoms with Gasteiger partial charge in [-0.05, 0) is 45.8 Å². The summed E-state index contributed by atoms with van der Waals surface area (Å²) in [6.45, 7) is 0.193. The van der Waals surface area contributed by atoms with Gasteiger partial charge in [-0.25, -0.2) is 0 Å². The molecule has 2 heterocycles. The average molecular weight is 517 g/mol. The molecular formula is C32H24N2O5. The maximum absolute atomic E-state index is 13.3. The summed E-state index contributed by atoms with van der Waals surface area (Å²) in [6, 6.07) is 28.7. The lowest BCUT2D eigenvalue weighted by Gasteiger charge is -2.06. The van der Waals surface area contributed by atoms with E-state index in [0.717, 1.165) is 0 Å². The minimum atomic E-state index is -0.388. The van der Waals surface area contributed by atoms with Gasteiger partial charge in [-0.15, -0.1) is 0 Å². The van der Waals surface area contributed by atoms with E-state index in [0.29, 0.717) is 43.1 Å². The highest BCUT2D eigenvalue weighted by atomic mass is 16.5. The van der Waals surface area contributed by atoms with Crippen molar-refractivity contribution in [3.05, 3.63) is 138 Å². The maximum atomic E-state index is 13.3. The van der Waals surface area contributed by atoms with E-state index >= 15 is 0 Å². The third-order valence-corrected chi connectivity index (χ3v) is 7.11. The van der Waals surface area contributed by atoms with Crippen molar-refractivity contribution < 1.29 is 4.74 Å². The molecule has 0 fully saturated rings. The van der Waals surface area contributed by atoms with Crippen molar-refractivity contribution in [2.45, 2.75) is 13.1 Å². The summed E-state index contributed by atoms with van der Waals surface area (Å²) < 4.78 is 8.16. The predicted octanol–water partition coefficient (Wildman–Crippen LogP) is 4.06. The molecule has 0 aliphatic rings. The highest BCUT2D eigenvalue weighted by molar-refractivity contribution is 6.06. The summed E-state index contributed by atoms with van der Waals surface area (Å²) in [4.78, 5) is 53.3. The quantitative estimate of drug-likeness (QED) is 0.312. The highest BCUT2D eigenvalue weighted by Crippen LogP contribution is 2.20. The zero-order chi connectivity index (χ0) is 26.9. The fourth-order valence-electron chi connectivity index (χ4n) is 5.20. The van der Waals surface area contributed by atoms with Crippen molar-refractivity contribution in [3.8, 4) is 0 Å². The third-order valence-electron chi connectivity index (χ3n) is 7.11. The number of benzene rings is 4. The molecule has 0 radical (unpaired) electrons. The molecule has 6 rings (SSSR count). The zero-order valence-electron chi connectivity index (χ0n) is 21.0. The Bertz CT molecular complexity index is 1850. The van der Waals surface area contributed by atoms with E-state index < -0.39 is 0 Å². The van der Waals surface area contributed by atoms with Crippen molar-refractivity contribution in [2.24, 2.45) is 0 Å². The van der Waals surface area contributed by atoms with Crippen LogP contribution in [-0.4, -0.2) is 22.3 Å². The van der Waals surface area contributed by atoms with Crippen LogP contribution in [0.2, 0.25) is 0 Å². The monoisotopic (exact) mass is 516 g/mol. The molecule has 0 spiro atoms. The first-order chi connectivity index (χ1) is 19.1. The molecule has 192 valence electrons. The molecule has 0 saturated carbocycles. The molecule has 0 saturated heterocycles. The van der Waals surface area contributed by atoms with E-state index in [9.17, 15) is 19.2 Å². The summed E-state index contributed by atoms with van der Waals surface area (Å²) in [7, 11) is 0. The van der Waals surface area contributed by atoms with Gasteiger partial charge in [0.2, 0.25) is 0 Å². The molecule has 7 nitrogen and oxygen atoms in total. The Morgan fingerprint density at radius 1 is 0.385 bits per heavy atom. The Balaban J connectivity index is 1.31. The van der Waals surface area contributed by atoms with Gasteiger partial charge in [-0.3, -0.25) is 28.3 Å². The number of nitrogens with zero attached hydrogens (tertiary/aromatic N) is 2. The lowest BCUT2D eigenvalue weighted by atomic mass is 10.1. The molecule has 4 aromatic carbocycles. The molecule has 2 aromatic heterocycles. The highest BCUT2D eigenvalue weighted by Gasteiger charge is 2.12. The second kappa shape index (κ2) is 10.1. The normalized spacial score (nSPS) is 11.5.